The van der Waals surface area contributed by atoms with E-state index in [9.17, 15) is 37.1 Å². The first kappa shape index (κ1) is 21.8. The van der Waals surface area contributed by atoms with Crippen molar-refractivity contribution in [1.29, 1.82) is 0 Å². The number of benzene rings is 1. The molecule has 0 aliphatic carbocycles. The Balaban J connectivity index is 1.66. The lowest BCUT2D eigenvalue weighted by Gasteiger charge is -2.37. The SMILES string of the molecule is O=C(NCc1ccc(F)cc1F)c1cn2c(c(O)c1=O)C(=O)N1CC2CCCC1C(F)F. The van der Waals surface area contributed by atoms with Crippen LogP contribution in [0.3, 0.4) is 0 Å². The maximum Gasteiger partial charge on any atom is 0.275 e. The maximum atomic E-state index is 13.8. The Morgan fingerprint density at radius 2 is 1.97 bits per heavy atom. The maximum absolute atomic E-state index is 13.8. The molecule has 2 aromatic rings. The normalized spacial score (nSPS) is 20.2. The van der Waals surface area contributed by atoms with Crippen LogP contribution in [0.2, 0.25) is 0 Å². The number of carbonyl (C=O) groups excluding carboxylic acids is 2. The topological polar surface area (TPSA) is 91.6 Å². The van der Waals surface area contributed by atoms with E-state index in [4.69, 9.17) is 0 Å². The molecule has 1 fully saturated rings. The predicted molar refractivity (Wildman–Crippen MR) is 104 cm³/mol. The number of nitrogens with zero attached hydrogens (tertiary/aromatic N) is 2. The van der Waals surface area contributed by atoms with Crippen molar-refractivity contribution in [3.63, 3.8) is 0 Å². The molecule has 0 radical (unpaired) electrons. The van der Waals surface area contributed by atoms with Gasteiger partial charge in [0.05, 0.1) is 12.1 Å². The molecule has 2 N–H and O–H groups in total. The molecule has 2 aliphatic rings. The summed E-state index contributed by atoms with van der Waals surface area (Å²) in [5.74, 6) is -4.50. The van der Waals surface area contributed by atoms with Gasteiger partial charge in [0.15, 0.2) is 11.4 Å². The summed E-state index contributed by atoms with van der Waals surface area (Å²) in [6.07, 6.45) is -0.771. The predicted octanol–water partition coefficient (Wildman–Crippen LogP) is 2.58. The molecular formula is C21H19F4N3O4. The highest BCUT2D eigenvalue weighted by Crippen LogP contribution is 2.35. The van der Waals surface area contributed by atoms with Gasteiger partial charge in [0.25, 0.3) is 18.2 Å². The smallest absolute Gasteiger partial charge is 0.275 e. The van der Waals surface area contributed by atoms with E-state index in [0.717, 1.165) is 23.2 Å². The van der Waals surface area contributed by atoms with Gasteiger partial charge in [-0.05, 0) is 25.3 Å². The molecule has 0 spiro atoms. The average Bonchev–Trinajstić information content (AvgIpc) is 2.94. The molecule has 2 aliphatic heterocycles. The number of halogens is 4. The highest BCUT2D eigenvalue weighted by molar-refractivity contribution is 5.99. The van der Waals surface area contributed by atoms with E-state index in [2.05, 4.69) is 5.32 Å². The fourth-order valence-electron chi connectivity index (χ4n) is 4.25. The van der Waals surface area contributed by atoms with Gasteiger partial charge in [-0.3, -0.25) is 14.4 Å². The summed E-state index contributed by atoms with van der Waals surface area (Å²) in [6.45, 7) is -0.385. The van der Waals surface area contributed by atoms with Gasteiger partial charge in [-0.2, -0.15) is 0 Å². The summed E-state index contributed by atoms with van der Waals surface area (Å²) in [4.78, 5) is 39.0. The highest BCUT2D eigenvalue weighted by atomic mass is 19.3. The van der Waals surface area contributed by atoms with Gasteiger partial charge in [0.2, 0.25) is 5.43 Å². The number of pyridine rings is 1. The number of rotatable bonds is 4. The number of aromatic nitrogens is 1. The van der Waals surface area contributed by atoms with Crippen LogP contribution >= 0.6 is 0 Å². The summed E-state index contributed by atoms with van der Waals surface area (Å²) >= 11 is 0. The zero-order chi connectivity index (χ0) is 23.2. The Morgan fingerprint density at radius 3 is 2.66 bits per heavy atom. The average molecular weight is 453 g/mol. The van der Waals surface area contributed by atoms with Gasteiger partial charge in [-0.1, -0.05) is 6.07 Å². The van der Waals surface area contributed by atoms with Crippen LogP contribution in [0.5, 0.6) is 5.75 Å². The zero-order valence-electron chi connectivity index (χ0n) is 16.7. The number of fused-ring (bicyclic) bond motifs is 4. The van der Waals surface area contributed by atoms with E-state index in [-0.39, 0.29) is 25.1 Å². The van der Waals surface area contributed by atoms with Crippen LogP contribution in [0.25, 0.3) is 0 Å². The summed E-state index contributed by atoms with van der Waals surface area (Å²) < 4.78 is 55.0. The Hall–Kier alpha value is -3.37. The van der Waals surface area contributed by atoms with Crippen molar-refractivity contribution in [3.05, 3.63) is 63.1 Å². The fraction of sp³-hybridized carbons (Fsp3) is 0.381. The number of nitrogens with one attached hydrogen (secondary N) is 1. The number of hydrogen-bond donors (Lipinski definition) is 2. The lowest BCUT2D eigenvalue weighted by Crippen LogP contribution is -2.50. The minimum Gasteiger partial charge on any atom is -0.503 e. The Kier molecular flexibility index (Phi) is 5.66. The first-order chi connectivity index (χ1) is 15.2. The second-order valence-electron chi connectivity index (χ2n) is 7.84. The molecule has 2 amide bonds. The first-order valence-corrected chi connectivity index (χ1v) is 9.98. The van der Waals surface area contributed by atoms with Crippen molar-refractivity contribution in [3.8, 4) is 5.75 Å². The first-order valence-electron chi connectivity index (χ1n) is 9.98. The van der Waals surface area contributed by atoms with E-state index >= 15 is 0 Å². The van der Waals surface area contributed by atoms with Crippen molar-refractivity contribution in [2.75, 3.05) is 6.54 Å². The molecule has 4 rings (SSSR count). The van der Waals surface area contributed by atoms with E-state index in [0.29, 0.717) is 18.9 Å². The van der Waals surface area contributed by atoms with E-state index < -0.39 is 64.4 Å². The van der Waals surface area contributed by atoms with Crippen LogP contribution in [-0.2, 0) is 6.54 Å². The summed E-state index contributed by atoms with van der Waals surface area (Å²) in [5.41, 5.74) is -2.07. The van der Waals surface area contributed by atoms with Crippen LogP contribution in [0.1, 0.15) is 51.7 Å². The molecule has 2 unspecified atom stereocenters. The van der Waals surface area contributed by atoms with E-state index in [1.807, 2.05) is 0 Å². The third-order valence-electron chi connectivity index (χ3n) is 5.90. The molecule has 0 saturated carbocycles. The third-order valence-corrected chi connectivity index (χ3v) is 5.90. The molecule has 2 bridgehead atoms. The number of alkyl halides is 2. The molecule has 11 heteroatoms. The zero-order valence-corrected chi connectivity index (χ0v) is 16.7. The molecule has 1 aromatic carbocycles. The second kappa shape index (κ2) is 8.29. The Bertz CT molecular complexity index is 1150. The number of amides is 2. The molecule has 7 nitrogen and oxygen atoms in total. The molecule has 32 heavy (non-hydrogen) atoms. The number of carbonyl (C=O) groups is 2. The van der Waals surface area contributed by atoms with Crippen LogP contribution in [0.15, 0.2) is 29.2 Å². The van der Waals surface area contributed by atoms with Gasteiger partial charge in [-0.25, -0.2) is 17.6 Å². The van der Waals surface area contributed by atoms with Crippen molar-refractivity contribution in [2.24, 2.45) is 0 Å². The minimum absolute atomic E-state index is 0.0188. The lowest BCUT2D eigenvalue weighted by atomic mass is 10.1. The lowest BCUT2D eigenvalue weighted by molar-refractivity contribution is 0.0138. The molecular weight excluding hydrogens is 434 g/mol. The molecule has 3 heterocycles. The van der Waals surface area contributed by atoms with Crippen molar-refractivity contribution < 1.29 is 32.3 Å². The molecule has 1 aromatic heterocycles. The fourth-order valence-corrected chi connectivity index (χ4v) is 4.25. The third kappa shape index (κ3) is 3.71. The Labute approximate surface area is 179 Å². The van der Waals surface area contributed by atoms with Crippen LogP contribution in [0, 0.1) is 11.6 Å². The van der Waals surface area contributed by atoms with E-state index in [1.165, 1.54) is 4.57 Å². The summed E-state index contributed by atoms with van der Waals surface area (Å²) in [6, 6.07) is 0.987. The van der Waals surface area contributed by atoms with Gasteiger partial charge in [-0.15, -0.1) is 0 Å². The quantitative estimate of drug-likeness (QED) is 0.697. The number of hydrogen-bond acceptors (Lipinski definition) is 4. The molecule has 2 atom stereocenters. The summed E-state index contributed by atoms with van der Waals surface area (Å²) in [5, 5.41) is 12.8. The summed E-state index contributed by atoms with van der Waals surface area (Å²) in [7, 11) is 0. The van der Waals surface area contributed by atoms with Gasteiger partial charge in [0.1, 0.15) is 17.2 Å². The van der Waals surface area contributed by atoms with Crippen LogP contribution in [0.4, 0.5) is 17.6 Å². The number of aromatic hydroxyl groups is 1. The van der Waals surface area contributed by atoms with Gasteiger partial charge in [0, 0.05) is 30.9 Å². The standard InChI is InChI=1S/C21H19F4N3O4/c22-11-5-4-10(14(23)6-11)7-26-20(31)13-9-27-12-2-1-3-15(19(24)25)28(8-12)21(32)16(27)18(30)17(13)29/h4-6,9,12,15,19,30H,1-3,7-8H2,(H,26,31). The van der Waals surface area contributed by atoms with Crippen molar-refractivity contribution >= 4 is 11.8 Å². The minimum atomic E-state index is -2.77. The molecule has 1 saturated heterocycles. The highest BCUT2D eigenvalue weighted by Gasteiger charge is 2.42. The monoisotopic (exact) mass is 453 g/mol. The van der Waals surface area contributed by atoms with Gasteiger partial charge < -0.3 is 19.9 Å². The van der Waals surface area contributed by atoms with Crippen molar-refractivity contribution in [1.82, 2.24) is 14.8 Å². The second-order valence-corrected chi connectivity index (χ2v) is 7.84. The van der Waals surface area contributed by atoms with Crippen molar-refractivity contribution in [2.45, 2.75) is 44.3 Å². The van der Waals surface area contributed by atoms with Crippen LogP contribution < -0.4 is 10.7 Å². The van der Waals surface area contributed by atoms with Crippen LogP contribution in [-0.4, -0.2) is 45.4 Å². The largest absolute Gasteiger partial charge is 0.503 e. The van der Waals surface area contributed by atoms with E-state index in [1.54, 1.807) is 0 Å². The molecule has 170 valence electrons. The Morgan fingerprint density at radius 1 is 1.22 bits per heavy atom. The van der Waals surface area contributed by atoms with Gasteiger partial charge >= 0.3 is 0 Å².